The number of likely N-dealkylation sites (N-methyl/N-ethyl adjacent to an activating group) is 1. The van der Waals surface area contributed by atoms with Gasteiger partial charge < -0.3 is 34.6 Å². The van der Waals surface area contributed by atoms with Gasteiger partial charge in [0.1, 0.15) is 5.82 Å². The highest BCUT2D eigenvalue weighted by atomic mass is 16.5. The summed E-state index contributed by atoms with van der Waals surface area (Å²) in [6.07, 6.45) is 1.31. The minimum absolute atomic E-state index is 0.139. The van der Waals surface area contributed by atoms with E-state index in [9.17, 15) is 14.7 Å². The standard InChI is InChI=1S/C33H41N5O5/c1-23-19-38(24(2)21-39)32(40)29-11-7-6-10-28(29)27-9-5-4-8-25(27)22-43-30(23)20-36(3)33(41)35-26-12-13-34-31(18-26)37-14-16-42-17-15-37/h4-13,18,23-24,30,39H,14-17,19-22H2,1-3H3,(H,34,35,41)/t23-,24+,30+/m0/s1. The van der Waals surface area contributed by atoms with Gasteiger partial charge in [0.2, 0.25) is 0 Å². The zero-order valence-electron chi connectivity index (χ0n) is 25.1. The second-order valence-corrected chi connectivity index (χ2v) is 11.3. The molecule has 0 bridgehead atoms. The highest BCUT2D eigenvalue weighted by Crippen LogP contribution is 2.31. The summed E-state index contributed by atoms with van der Waals surface area (Å²) in [6.45, 7) is 7.50. The summed E-state index contributed by atoms with van der Waals surface area (Å²) in [7, 11) is 1.74. The zero-order valence-corrected chi connectivity index (χ0v) is 25.1. The Bertz CT molecular complexity index is 1410. The van der Waals surface area contributed by atoms with Crippen molar-refractivity contribution >= 4 is 23.4 Å². The number of hydrogen-bond acceptors (Lipinski definition) is 7. The van der Waals surface area contributed by atoms with Crippen LogP contribution >= 0.6 is 0 Å². The van der Waals surface area contributed by atoms with Crippen LogP contribution in [0.25, 0.3) is 11.1 Å². The molecule has 0 saturated carbocycles. The first-order valence-electron chi connectivity index (χ1n) is 14.9. The summed E-state index contributed by atoms with van der Waals surface area (Å²) < 4.78 is 12.0. The predicted octanol–water partition coefficient (Wildman–Crippen LogP) is 4.11. The Balaban J connectivity index is 1.37. The first-order chi connectivity index (χ1) is 20.9. The number of carbonyl (C=O) groups excluding carboxylic acids is 2. The van der Waals surface area contributed by atoms with E-state index in [-0.39, 0.29) is 30.6 Å². The lowest BCUT2D eigenvalue weighted by Gasteiger charge is -2.35. The maximum Gasteiger partial charge on any atom is 0.321 e. The Morgan fingerprint density at radius 2 is 1.79 bits per heavy atom. The number of benzene rings is 2. The lowest BCUT2D eigenvalue weighted by molar-refractivity contribution is -0.0178. The highest BCUT2D eigenvalue weighted by Gasteiger charge is 2.31. The molecule has 0 spiro atoms. The molecule has 5 rings (SSSR count). The van der Waals surface area contributed by atoms with Crippen molar-refractivity contribution in [3.05, 3.63) is 78.0 Å². The van der Waals surface area contributed by atoms with Gasteiger partial charge in [-0.15, -0.1) is 0 Å². The SMILES string of the molecule is C[C@H](CO)N1C[C@H](C)[C@@H](CN(C)C(=O)Nc2ccnc(N3CCOCC3)c2)OCc2ccccc2-c2ccccc2C1=O. The van der Waals surface area contributed by atoms with Crippen LogP contribution < -0.4 is 10.2 Å². The molecule has 3 aromatic rings. The largest absolute Gasteiger partial charge is 0.394 e. The predicted molar refractivity (Wildman–Crippen MR) is 166 cm³/mol. The van der Waals surface area contributed by atoms with Crippen molar-refractivity contribution in [1.82, 2.24) is 14.8 Å². The average Bonchev–Trinajstić information content (AvgIpc) is 3.06. The summed E-state index contributed by atoms with van der Waals surface area (Å²) >= 11 is 0. The van der Waals surface area contributed by atoms with Crippen LogP contribution in [0, 0.1) is 5.92 Å². The number of anilines is 2. The molecule has 43 heavy (non-hydrogen) atoms. The van der Waals surface area contributed by atoms with E-state index >= 15 is 0 Å². The number of carbonyl (C=O) groups is 2. The van der Waals surface area contributed by atoms with E-state index in [0.717, 1.165) is 35.6 Å². The normalized spacial score (nSPS) is 20.0. The molecule has 0 aliphatic carbocycles. The number of aromatic nitrogens is 1. The number of nitrogens with one attached hydrogen (secondary N) is 1. The molecule has 3 atom stereocenters. The van der Waals surface area contributed by atoms with Crippen molar-refractivity contribution in [1.29, 1.82) is 0 Å². The van der Waals surface area contributed by atoms with Crippen LogP contribution in [0.4, 0.5) is 16.3 Å². The molecule has 228 valence electrons. The average molecular weight is 588 g/mol. The van der Waals surface area contributed by atoms with Gasteiger partial charge in [-0.1, -0.05) is 49.4 Å². The van der Waals surface area contributed by atoms with Crippen molar-refractivity contribution in [2.24, 2.45) is 5.92 Å². The van der Waals surface area contributed by atoms with Gasteiger partial charge in [-0.25, -0.2) is 9.78 Å². The van der Waals surface area contributed by atoms with Gasteiger partial charge in [-0.2, -0.15) is 0 Å². The fourth-order valence-electron chi connectivity index (χ4n) is 5.58. The van der Waals surface area contributed by atoms with E-state index < -0.39 is 6.04 Å². The fourth-order valence-corrected chi connectivity index (χ4v) is 5.58. The molecule has 3 heterocycles. The lowest BCUT2D eigenvalue weighted by atomic mass is 9.94. The Morgan fingerprint density at radius 1 is 1.09 bits per heavy atom. The van der Waals surface area contributed by atoms with Gasteiger partial charge >= 0.3 is 6.03 Å². The summed E-state index contributed by atoms with van der Waals surface area (Å²) in [5, 5.41) is 13.1. The van der Waals surface area contributed by atoms with E-state index in [1.54, 1.807) is 29.1 Å². The van der Waals surface area contributed by atoms with Gasteiger partial charge in [0, 0.05) is 62.7 Å². The number of aliphatic hydroxyl groups is 1. The van der Waals surface area contributed by atoms with Crippen LogP contribution in [0.15, 0.2) is 66.9 Å². The number of rotatable bonds is 6. The summed E-state index contributed by atoms with van der Waals surface area (Å²) in [5.74, 6) is 0.519. The van der Waals surface area contributed by atoms with Crippen molar-refractivity contribution < 1.29 is 24.2 Å². The summed E-state index contributed by atoms with van der Waals surface area (Å²) in [5.41, 5.74) is 3.97. The third kappa shape index (κ3) is 7.15. The molecule has 2 aliphatic heterocycles. The number of ether oxygens (including phenoxy) is 2. The third-order valence-electron chi connectivity index (χ3n) is 8.23. The molecular weight excluding hydrogens is 546 g/mol. The number of aliphatic hydroxyl groups excluding tert-OH is 1. The number of amides is 3. The first kappa shape index (κ1) is 30.5. The minimum Gasteiger partial charge on any atom is -0.394 e. The first-order valence-corrected chi connectivity index (χ1v) is 14.9. The smallest absolute Gasteiger partial charge is 0.321 e. The van der Waals surface area contributed by atoms with E-state index in [1.807, 2.05) is 68.4 Å². The van der Waals surface area contributed by atoms with Crippen LogP contribution in [0.3, 0.4) is 0 Å². The van der Waals surface area contributed by atoms with Crippen LogP contribution in [-0.4, -0.2) is 97.0 Å². The van der Waals surface area contributed by atoms with Crippen molar-refractivity contribution in [3.63, 3.8) is 0 Å². The van der Waals surface area contributed by atoms with Crippen molar-refractivity contribution in [3.8, 4) is 11.1 Å². The van der Waals surface area contributed by atoms with E-state index in [4.69, 9.17) is 9.47 Å². The Hall–Kier alpha value is -3.99. The molecule has 0 radical (unpaired) electrons. The number of urea groups is 1. The number of morpholine rings is 1. The third-order valence-corrected chi connectivity index (χ3v) is 8.23. The monoisotopic (exact) mass is 587 g/mol. The second kappa shape index (κ2) is 14.0. The zero-order chi connectivity index (χ0) is 30.3. The molecule has 2 aromatic carbocycles. The lowest BCUT2D eigenvalue weighted by Crippen LogP contribution is -2.48. The number of nitrogens with zero attached hydrogens (tertiary/aromatic N) is 4. The maximum atomic E-state index is 14.0. The molecule has 2 N–H and O–H groups in total. The number of fused-ring (bicyclic) bond motifs is 3. The van der Waals surface area contributed by atoms with Crippen LogP contribution in [0.2, 0.25) is 0 Å². The Kier molecular flexibility index (Phi) is 9.91. The van der Waals surface area contributed by atoms with Crippen molar-refractivity contribution in [2.75, 3.05) is 63.3 Å². The van der Waals surface area contributed by atoms with Gasteiger partial charge in [0.05, 0.1) is 38.6 Å². The van der Waals surface area contributed by atoms with E-state index in [2.05, 4.69) is 15.2 Å². The van der Waals surface area contributed by atoms with E-state index in [0.29, 0.717) is 44.2 Å². The molecule has 1 aromatic heterocycles. The number of hydrogen-bond donors (Lipinski definition) is 2. The van der Waals surface area contributed by atoms with Crippen LogP contribution in [-0.2, 0) is 16.1 Å². The quantitative estimate of drug-likeness (QED) is 0.447. The molecular formula is C33H41N5O5. The van der Waals surface area contributed by atoms with Gasteiger partial charge in [0.25, 0.3) is 5.91 Å². The Morgan fingerprint density at radius 3 is 2.53 bits per heavy atom. The molecule has 10 heteroatoms. The molecule has 10 nitrogen and oxygen atoms in total. The molecule has 3 amide bonds. The van der Waals surface area contributed by atoms with Gasteiger partial charge in [-0.05, 0) is 35.7 Å². The summed E-state index contributed by atoms with van der Waals surface area (Å²) in [6, 6.07) is 18.5. The molecule has 1 saturated heterocycles. The minimum atomic E-state index is -0.395. The van der Waals surface area contributed by atoms with Crippen molar-refractivity contribution in [2.45, 2.75) is 32.6 Å². The second-order valence-electron chi connectivity index (χ2n) is 11.3. The molecule has 0 unspecified atom stereocenters. The maximum absolute atomic E-state index is 14.0. The summed E-state index contributed by atoms with van der Waals surface area (Å²) in [4.78, 5) is 37.3. The number of pyridine rings is 1. The topological polar surface area (TPSA) is 107 Å². The molecule has 1 fully saturated rings. The van der Waals surface area contributed by atoms with Crippen LogP contribution in [0.5, 0.6) is 0 Å². The van der Waals surface area contributed by atoms with Gasteiger partial charge in [0.15, 0.2) is 0 Å². The molecule has 2 aliphatic rings. The highest BCUT2D eigenvalue weighted by molar-refractivity contribution is 6.01. The van der Waals surface area contributed by atoms with Gasteiger partial charge in [-0.3, -0.25) is 4.79 Å². The van der Waals surface area contributed by atoms with E-state index in [1.165, 1.54) is 0 Å². The van der Waals surface area contributed by atoms with Crippen LogP contribution in [0.1, 0.15) is 29.8 Å². The Labute approximate surface area is 253 Å². The fraction of sp³-hybridized carbons (Fsp3) is 0.424.